The summed E-state index contributed by atoms with van der Waals surface area (Å²) in [6.07, 6.45) is 34.0. The molecule has 0 bridgehead atoms. The van der Waals surface area contributed by atoms with Crippen LogP contribution in [0.3, 0.4) is 0 Å². The Labute approximate surface area is 367 Å². The molecule has 12 atom stereocenters. The average Bonchev–Trinajstić information content (AvgIpc) is 3.75. The Hall–Kier alpha value is -2.24. The van der Waals surface area contributed by atoms with Gasteiger partial charge >= 0.3 is 0 Å². The molecule has 4 heteroatoms. The van der Waals surface area contributed by atoms with E-state index in [1.165, 1.54) is 60.8 Å². The SMILES string of the molecule is C=C1CC[C@H](O)C/C1=C/C=C1\CCC[C@@]2(C)[C@H]1CC[C@@H]2[C@@](C)(O)/C=C/[C@H](C)C(C)C.C=C1CC[C@H](O)C/C1=C/C=C1\CCC[C@@]2(C)[C@H]1CC[C@@H]2[C@@](C)(O)/C=C/[C@H](C)C(C)C. The van der Waals surface area contributed by atoms with Crippen molar-refractivity contribution >= 4 is 0 Å². The molecule has 0 radical (unpaired) electrons. The molecule has 0 aromatic heterocycles. The second kappa shape index (κ2) is 20.1. The minimum atomic E-state index is -0.755. The maximum atomic E-state index is 11.5. The molecule has 0 aromatic carbocycles. The first-order valence-corrected chi connectivity index (χ1v) is 24.4. The minimum absolute atomic E-state index is 0.153. The summed E-state index contributed by atoms with van der Waals surface area (Å²) >= 11 is 0. The molecule has 6 saturated carbocycles. The molecular weight excluding hydrogens is 737 g/mol. The van der Waals surface area contributed by atoms with Gasteiger partial charge in [-0.25, -0.2) is 0 Å². The lowest BCUT2D eigenvalue weighted by Crippen LogP contribution is -2.44. The highest BCUT2D eigenvalue weighted by atomic mass is 16.3. The fourth-order valence-electron chi connectivity index (χ4n) is 12.6. The van der Waals surface area contributed by atoms with Gasteiger partial charge in [-0.1, -0.05) is 139 Å². The molecule has 0 unspecified atom stereocenters. The van der Waals surface area contributed by atoms with Crippen LogP contribution in [0.1, 0.15) is 172 Å². The third kappa shape index (κ3) is 11.3. The van der Waals surface area contributed by atoms with Crippen LogP contribution >= 0.6 is 0 Å². The van der Waals surface area contributed by atoms with Gasteiger partial charge < -0.3 is 20.4 Å². The lowest BCUT2D eigenvalue weighted by molar-refractivity contribution is -0.0245. The summed E-state index contributed by atoms with van der Waals surface area (Å²) in [4.78, 5) is 0. The first kappa shape index (κ1) is 48.8. The lowest BCUT2D eigenvalue weighted by atomic mass is 9.60. The lowest BCUT2D eigenvalue weighted by Gasteiger charge is -2.46. The number of rotatable bonds is 10. The third-order valence-electron chi connectivity index (χ3n) is 17.3. The van der Waals surface area contributed by atoms with Crippen molar-refractivity contribution in [3.63, 3.8) is 0 Å². The molecule has 0 aliphatic heterocycles. The van der Waals surface area contributed by atoms with Crippen LogP contribution in [0.2, 0.25) is 0 Å². The van der Waals surface area contributed by atoms with Crippen LogP contribution in [-0.2, 0) is 0 Å². The van der Waals surface area contributed by atoms with Gasteiger partial charge in [0.15, 0.2) is 0 Å². The molecule has 0 spiro atoms. The smallest absolute Gasteiger partial charge is 0.0833 e. The highest BCUT2D eigenvalue weighted by molar-refractivity contribution is 5.38. The van der Waals surface area contributed by atoms with Crippen molar-refractivity contribution in [3.8, 4) is 0 Å². The van der Waals surface area contributed by atoms with Crippen LogP contribution in [0.25, 0.3) is 0 Å². The van der Waals surface area contributed by atoms with Crippen molar-refractivity contribution < 1.29 is 20.4 Å². The van der Waals surface area contributed by atoms with Crippen LogP contribution in [0.5, 0.6) is 0 Å². The zero-order valence-corrected chi connectivity index (χ0v) is 39.9. The zero-order chi connectivity index (χ0) is 44.2. The normalized spacial score (nSPS) is 38.4. The molecule has 6 aliphatic carbocycles. The van der Waals surface area contributed by atoms with Gasteiger partial charge in [-0.05, 0) is 186 Å². The van der Waals surface area contributed by atoms with Gasteiger partial charge in [0.1, 0.15) is 0 Å². The Kier molecular flexibility index (Phi) is 16.3. The standard InChI is InChI=1S/2C28H44O2/c2*1-19(2)20(3)15-17-28(6,30)26-14-13-25-22(8-7-16-27(25,26)5)10-11-23-18-24(29)12-9-21(23)4/h2*10-11,15,17,19-20,24-26,29-30H,4,7-9,12-14,16,18H2,1-3,5-6H3/b2*17-15+,22-10+,23-11-/t2*20-,24-,25-,26-,27-,28-/m00/s1. The van der Waals surface area contributed by atoms with Crippen molar-refractivity contribution in [2.75, 3.05) is 0 Å². The van der Waals surface area contributed by atoms with E-state index in [9.17, 15) is 20.4 Å². The number of fused-ring (bicyclic) bond motifs is 2. The summed E-state index contributed by atoms with van der Waals surface area (Å²) in [5.74, 6) is 3.85. The molecule has 4 N–H and O–H groups in total. The Balaban J connectivity index is 0.000000228. The molecule has 4 nitrogen and oxygen atoms in total. The second-order valence-corrected chi connectivity index (χ2v) is 22.3. The highest BCUT2D eigenvalue weighted by Gasteiger charge is 2.55. The summed E-state index contributed by atoms with van der Waals surface area (Å²) in [7, 11) is 0. The molecule has 0 aromatic rings. The van der Waals surface area contributed by atoms with Crippen LogP contribution in [0.4, 0.5) is 0 Å². The van der Waals surface area contributed by atoms with E-state index >= 15 is 0 Å². The van der Waals surface area contributed by atoms with Crippen LogP contribution in [-0.4, -0.2) is 43.8 Å². The van der Waals surface area contributed by atoms with Crippen molar-refractivity contribution in [2.45, 2.75) is 195 Å². The van der Waals surface area contributed by atoms with E-state index in [0.717, 1.165) is 64.2 Å². The second-order valence-electron chi connectivity index (χ2n) is 22.3. The molecular formula is C56H88O4. The Morgan fingerprint density at radius 3 is 1.28 bits per heavy atom. The minimum Gasteiger partial charge on any atom is -0.393 e. The van der Waals surface area contributed by atoms with E-state index in [2.05, 4.69) is 117 Å². The fraction of sp³-hybridized carbons (Fsp3) is 0.714. The fourth-order valence-corrected chi connectivity index (χ4v) is 12.6. The Bertz CT molecular complexity index is 1570. The quantitative estimate of drug-likeness (QED) is 0.165. The van der Waals surface area contributed by atoms with Gasteiger partial charge in [-0.15, -0.1) is 0 Å². The molecule has 6 aliphatic rings. The molecule has 336 valence electrons. The maximum absolute atomic E-state index is 11.5. The van der Waals surface area contributed by atoms with E-state index in [4.69, 9.17) is 0 Å². The predicted molar refractivity (Wildman–Crippen MR) is 254 cm³/mol. The van der Waals surface area contributed by atoms with Crippen molar-refractivity contribution in [1.82, 2.24) is 0 Å². The largest absolute Gasteiger partial charge is 0.393 e. The number of aliphatic hydroxyl groups excluding tert-OH is 2. The topological polar surface area (TPSA) is 80.9 Å². The van der Waals surface area contributed by atoms with Gasteiger partial charge in [-0.2, -0.15) is 0 Å². The molecule has 0 amide bonds. The van der Waals surface area contributed by atoms with Gasteiger partial charge in [0, 0.05) is 0 Å². The van der Waals surface area contributed by atoms with Gasteiger partial charge in [0.25, 0.3) is 0 Å². The predicted octanol–water partition coefficient (Wildman–Crippen LogP) is 13.5. The molecule has 6 fully saturated rings. The molecule has 6 rings (SSSR count). The first-order chi connectivity index (χ1) is 28.1. The third-order valence-corrected chi connectivity index (χ3v) is 17.3. The van der Waals surface area contributed by atoms with E-state index < -0.39 is 11.2 Å². The first-order valence-electron chi connectivity index (χ1n) is 24.4. The molecule has 0 heterocycles. The summed E-state index contributed by atoms with van der Waals surface area (Å²) < 4.78 is 0. The van der Waals surface area contributed by atoms with E-state index in [0.29, 0.717) is 47.3 Å². The van der Waals surface area contributed by atoms with E-state index in [1.807, 2.05) is 13.8 Å². The number of aliphatic hydroxyl groups is 4. The summed E-state index contributed by atoms with van der Waals surface area (Å²) in [5.41, 5.74) is 6.70. The molecule has 60 heavy (non-hydrogen) atoms. The van der Waals surface area contributed by atoms with Gasteiger partial charge in [0.2, 0.25) is 0 Å². The summed E-state index contributed by atoms with van der Waals surface area (Å²) in [6, 6.07) is 0. The van der Waals surface area contributed by atoms with E-state index in [-0.39, 0.29) is 23.0 Å². The van der Waals surface area contributed by atoms with Crippen molar-refractivity contribution in [3.05, 3.63) is 95.2 Å². The zero-order valence-electron chi connectivity index (χ0n) is 39.9. The van der Waals surface area contributed by atoms with Crippen molar-refractivity contribution in [2.24, 2.45) is 58.2 Å². The summed E-state index contributed by atoms with van der Waals surface area (Å²) in [6.45, 7) is 30.8. The van der Waals surface area contributed by atoms with Crippen LogP contribution in [0.15, 0.2) is 95.2 Å². The number of allylic oxidation sites excluding steroid dienone is 10. The monoisotopic (exact) mass is 825 g/mol. The Morgan fingerprint density at radius 1 is 0.567 bits per heavy atom. The number of hydrogen-bond acceptors (Lipinski definition) is 4. The van der Waals surface area contributed by atoms with Gasteiger partial charge in [0.05, 0.1) is 23.4 Å². The van der Waals surface area contributed by atoms with Crippen LogP contribution in [0, 0.1) is 58.2 Å². The average molecular weight is 825 g/mol. The van der Waals surface area contributed by atoms with Crippen molar-refractivity contribution in [1.29, 1.82) is 0 Å². The molecule has 0 saturated heterocycles. The highest BCUT2D eigenvalue weighted by Crippen LogP contribution is 2.62. The van der Waals surface area contributed by atoms with E-state index in [1.54, 1.807) is 11.1 Å². The van der Waals surface area contributed by atoms with Crippen LogP contribution < -0.4 is 0 Å². The maximum Gasteiger partial charge on any atom is 0.0833 e. The number of hydrogen-bond donors (Lipinski definition) is 4. The summed E-state index contributed by atoms with van der Waals surface area (Å²) in [5, 5.41) is 43.0. The Morgan fingerprint density at radius 2 is 0.933 bits per heavy atom. The van der Waals surface area contributed by atoms with Gasteiger partial charge in [-0.3, -0.25) is 0 Å².